The molecule has 0 saturated heterocycles. The Kier molecular flexibility index (Phi) is 10.8. The molecule has 10 rings (SSSR count). The number of pyridine rings is 3. The van der Waals surface area contributed by atoms with Crippen molar-refractivity contribution >= 4 is 0 Å². The minimum absolute atomic E-state index is 0.127. The quantitative estimate of drug-likeness (QED) is 0.145. The Hall–Kier alpha value is -8.15. The molecule has 0 bridgehead atoms. The third-order valence-corrected chi connectivity index (χ3v) is 11.6. The summed E-state index contributed by atoms with van der Waals surface area (Å²) >= 11 is 0. The monoisotopic (exact) mass is 823 g/mol. The third-order valence-electron chi connectivity index (χ3n) is 11.6. The molecule has 0 aliphatic carbocycles. The molecule has 0 spiro atoms. The molecule has 0 aliphatic rings. The Balaban J connectivity index is 1.09. The van der Waals surface area contributed by atoms with Crippen LogP contribution in [-0.2, 0) is 5.41 Å². The number of hydrogen-bond donors (Lipinski definition) is 0. The van der Waals surface area contributed by atoms with Crippen LogP contribution in [0, 0.1) is 0 Å². The zero-order valence-corrected chi connectivity index (χ0v) is 36.0. The van der Waals surface area contributed by atoms with Crippen LogP contribution in [0.2, 0.25) is 0 Å². The topological polar surface area (TPSA) is 64.5 Å². The summed E-state index contributed by atoms with van der Waals surface area (Å²) in [5, 5.41) is 0. The van der Waals surface area contributed by atoms with Gasteiger partial charge >= 0.3 is 0 Å². The van der Waals surface area contributed by atoms with Gasteiger partial charge in [-0.25, -0.2) is 9.97 Å². The van der Waals surface area contributed by atoms with Crippen LogP contribution in [0.25, 0.3) is 101 Å². The van der Waals surface area contributed by atoms with Crippen LogP contribution in [0.4, 0.5) is 0 Å². The van der Waals surface area contributed by atoms with E-state index < -0.39 is 0 Å². The largest absolute Gasteiger partial charge is 0.256 e. The van der Waals surface area contributed by atoms with E-state index in [9.17, 15) is 0 Å². The Labute approximate surface area is 375 Å². The van der Waals surface area contributed by atoms with E-state index in [1.807, 2.05) is 67.4 Å². The van der Waals surface area contributed by atoms with E-state index in [1.54, 1.807) is 0 Å². The number of benzene rings is 6. The zero-order valence-electron chi connectivity index (χ0n) is 36.0. The normalized spacial score (nSPS) is 11.4. The first-order chi connectivity index (χ1) is 31.4. The molecular formula is C59H45N5. The van der Waals surface area contributed by atoms with Crippen molar-refractivity contribution in [2.24, 2.45) is 0 Å². The first kappa shape index (κ1) is 40.0. The lowest BCUT2D eigenvalue weighted by Crippen LogP contribution is -2.15. The van der Waals surface area contributed by atoms with Crippen molar-refractivity contribution in [2.75, 3.05) is 0 Å². The van der Waals surface area contributed by atoms with Crippen LogP contribution in [-0.4, -0.2) is 24.9 Å². The zero-order chi connectivity index (χ0) is 43.5. The minimum Gasteiger partial charge on any atom is -0.256 e. The first-order valence-corrected chi connectivity index (χ1v) is 21.6. The molecule has 4 aromatic heterocycles. The highest BCUT2D eigenvalue weighted by Gasteiger charge is 2.19. The van der Waals surface area contributed by atoms with Gasteiger partial charge in [0.25, 0.3) is 0 Å². The molecule has 5 nitrogen and oxygen atoms in total. The van der Waals surface area contributed by atoms with Crippen LogP contribution >= 0.6 is 0 Å². The lowest BCUT2D eigenvalue weighted by molar-refractivity contribution is 0.545. The Bertz CT molecular complexity index is 3050. The molecule has 0 fully saturated rings. The fourth-order valence-corrected chi connectivity index (χ4v) is 8.29. The maximum Gasteiger partial charge on any atom is 0.133 e. The van der Waals surface area contributed by atoms with Gasteiger partial charge in [0.1, 0.15) is 5.82 Å². The predicted molar refractivity (Wildman–Crippen MR) is 263 cm³/mol. The van der Waals surface area contributed by atoms with E-state index in [0.717, 1.165) is 106 Å². The number of nitrogens with zero attached hydrogens (tertiary/aromatic N) is 5. The molecule has 0 aliphatic heterocycles. The summed E-state index contributed by atoms with van der Waals surface area (Å²) in [6.45, 7) is 6.35. The van der Waals surface area contributed by atoms with Crippen LogP contribution in [0.5, 0.6) is 0 Å². The van der Waals surface area contributed by atoms with Gasteiger partial charge in [-0.05, 0) is 86.5 Å². The van der Waals surface area contributed by atoms with Crippen molar-refractivity contribution in [1.82, 2.24) is 24.9 Å². The molecule has 0 unspecified atom stereocenters. The molecule has 10 aromatic rings. The molecule has 0 amide bonds. The van der Waals surface area contributed by atoms with Crippen LogP contribution < -0.4 is 0 Å². The standard InChI is InChI=1S/C59H45N5/c1-59(2,3)58-63-38-48(39-64-58)57-31-28-44(37-62-57)51-22-12-15-25-54(51)47-33-45(52-23-13-10-20-49(52)42-26-29-55(60-35-42)40-16-6-4-7-17-40)32-46(34-47)53-24-14-11-21-50(53)43-27-30-56(61-36-43)41-18-8-5-9-19-41/h4-39H,1-3H3. The first-order valence-electron chi connectivity index (χ1n) is 21.6. The van der Waals surface area contributed by atoms with Gasteiger partial charge < -0.3 is 0 Å². The van der Waals surface area contributed by atoms with E-state index in [1.165, 1.54) is 0 Å². The van der Waals surface area contributed by atoms with Gasteiger partial charge in [-0.1, -0.05) is 172 Å². The van der Waals surface area contributed by atoms with E-state index in [4.69, 9.17) is 15.0 Å². The highest BCUT2D eigenvalue weighted by molar-refractivity contribution is 5.94. The summed E-state index contributed by atoms with van der Waals surface area (Å²) in [6, 6.07) is 66.2. The van der Waals surface area contributed by atoms with Crippen molar-refractivity contribution in [2.45, 2.75) is 26.2 Å². The minimum atomic E-state index is -0.127. The van der Waals surface area contributed by atoms with Crippen molar-refractivity contribution < 1.29 is 0 Å². The molecular weight excluding hydrogens is 779 g/mol. The molecule has 5 heteroatoms. The number of hydrogen-bond acceptors (Lipinski definition) is 5. The highest BCUT2D eigenvalue weighted by Crippen LogP contribution is 2.42. The predicted octanol–water partition coefficient (Wildman–Crippen LogP) is 15.0. The van der Waals surface area contributed by atoms with Gasteiger partial charge in [-0.2, -0.15) is 0 Å². The molecule has 4 heterocycles. The lowest BCUT2D eigenvalue weighted by atomic mass is 9.86. The maximum atomic E-state index is 4.93. The fourth-order valence-electron chi connectivity index (χ4n) is 8.29. The smallest absolute Gasteiger partial charge is 0.133 e. The Morgan fingerprint density at radius 1 is 0.250 bits per heavy atom. The summed E-state index contributed by atoms with van der Waals surface area (Å²) < 4.78 is 0. The molecule has 0 radical (unpaired) electrons. The van der Waals surface area contributed by atoms with Gasteiger partial charge in [0.2, 0.25) is 0 Å². The second kappa shape index (κ2) is 17.3. The summed E-state index contributed by atoms with van der Waals surface area (Å²) in [6.07, 6.45) is 9.68. The van der Waals surface area contributed by atoms with Gasteiger partial charge in [-0.15, -0.1) is 0 Å². The van der Waals surface area contributed by atoms with Gasteiger partial charge in [0.05, 0.1) is 17.1 Å². The van der Waals surface area contributed by atoms with Crippen LogP contribution in [0.3, 0.4) is 0 Å². The SMILES string of the molecule is CC(C)(C)c1ncc(-c2ccc(-c3ccccc3-c3cc(-c4ccccc4-c4ccc(-c5ccccc5)nc4)cc(-c4ccccc4-c4ccc(-c5ccccc5)nc4)c3)cn2)cn1. The van der Waals surface area contributed by atoms with Gasteiger partial charge in [-0.3, -0.25) is 15.0 Å². The maximum absolute atomic E-state index is 4.93. The van der Waals surface area contributed by atoms with E-state index in [-0.39, 0.29) is 5.41 Å². The van der Waals surface area contributed by atoms with Gasteiger partial charge in [0, 0.05) is 69.8 Å². The van der Waals surface area contributed by atoms with Crippen molar-refractivity contribution in [3.05, 3.63) is 225 Å². The van der Waals surface area contributed by atoms with Gasteiger partial charge in [0.15, 0.2) is 0 Å². The highest BCUT2D eigenvalue weighted by atomic mass is 14.9. The summed E-state index contributed by atoms with van der Waals surface area (Å²) in [4.78, 5) is 24.1. The summed E-state index contributed by atoms with van der Waals surface area (Å²) in [7, 11) is 0. The van der Waals surface area contributed by atoms with E-state index in [2.05, 4.69) is 182 Å². The molecule has 6 aromatic carbocycles. The average Bonchev–Trinajstić information content (AvgIpc) is 3.37. The molecule has 0 N–H and O–H groups in total. The van der Waals surface area contributed by atoms with Crippen molar-refractivity contribution in [3.8, 4) is 101 Å². The van der Waals surface area contributed by atoms with Crippen molar-refractivity contribution in [3.63, 3.8) is 0 Å². The summed E-state index contributed by atoms with van der Waals surface area (Å²) in [5.41, 5.74) is 18.7. The lowest BCUT2D eigenvalue weighted by Gasteiger charge is -2.18. The van der Waals surface area contributed by atoms with Crippen molar-refractivity contribution in [1.29, 1.82) is 0 Å². The molecule has 0 atom stereocenters. The van der Waals surface area contributed by atoms with Crippen LogP contribution in [0.15, 0.2) is 219 Å². The third kappa shape index (κ3) is 8.27. The molecule has 306 valence electrons. The summed E-state index contributed by atoms with van der Waals surface area (Å²) in [5.74, 6) is 0.809. The Morgan fingerprint density at radius 2 is 0.531 bits per heavy atom. The number of aromatic nitrogens is 5. The molecule has 64 heavy (non-hydrogen) atoms. The van der Waals surface area contributed by atoms with E-state index >= 15 is 0 Å². The van der Waals surface area contributed by atoms with Crippen LogP contribution in [0.1, 0.15) is 26.6 Å². The fraction of sp³-hybridized carbons (Fsp3) is 0.0678. The number of rotatable bonds is 9. The Morgan fingerprint density at radius 3 is 0.828 bits per heavy atom. The second-order valence-electron chi connectivity index (χ2n) is 17.0. The van der Waals surface area contributed by atoms with E-state index in [0.29, 0.717) is 0 Å². The average molecular weight is 824 g/mol. The molecule has 0 saturated carbocycles. The second-order valence-corrected chi connectivity index (χ2v) is 17.0.